The molecule has 0 bridgehead atoms. The SMILES string of the molecule is CNC(=O)C(CN)c1cccc(Cl)c1. The first kappa shape index (κ1) is 11.0. The minimum absolute atomic E-state index is 0.0882. The highest BCUT2D eigenvalue weighted by molar-refractivity contribution is 6.30. The summed E-state index contributed by atoms with van der Waals surface area (Å²) in [6.45, 7) is 0.278. The number of hydrogen-bond acceptors (Lipinski definition) is 2. The Morgan fingerprint density at radius 2 is 2.36 bits per heavy atom. The van der Waals surface area contributed by atoms with Gasteiger partial charge in [0.25, 0.3) is 0 Å². The van der Waals surface area contributed by atoms with Crippen molar-refractivity contribution in [1.29, 1.82) is 0 Å². The Kier molecular flexibility index (Phi) is 3.92. The van der Waals surface area contributed by atoms with Gasteiger partial charge in [0.1, 0.15) is 0 Å². The van der Waals surface area contributed by atoms with Crippen molar-refractivity contribution in [3.05, 3.63) is 34.9 Å². The molecule has 0 saturated heterocycles. The molecule has 0 radical (unpaired) electrons. The van der Waals surface area contributed by atoms with Crippen LogP contribution >= 0.6 is 11.6 Å². The fourth-order valence-corrected chi connectivity index (χ4v) is 1.49. The lowest BCUT2D eigenvalue weighted by Crippen LogP contribution is -2.30. The van der Waals surface area contributed by atoms with E-state index in [1.807, 2.05) is 12.1 Å². The smallest absolute Gasteiger partial charge is 0.228 e. The lowest BCUT2D eigenvalue weighted by Gasteiger charge is -2.13. The molecule has 0 aromatic heterocycles. The van der Waals surface area contributed by atoms with E-state index >= 15 is 0 Å². The summed E-state index contributed by atoms with van der Waals surface area (Å²) < 4.78 is 0. The summed E-state index contributed by atoms with van der Waals surface area (Å²) in [6, 6.07) is 7.18. The summed E-state index contributed by atoms with van der Waals surface area (Å²) in [4.78, 5) is 11.4. The molecule has 4 heteroatoms. The number of carbonyl (C=O) groups excluding carboxylic acids is 1. The van der Waals surface area contributed by atoms with Gasteiger partial charge in [-0.25, -0.2) is 0 Å². The molecule has 3 nitrogen and oxygen atoms in total. The Morgan fingerprint density at radius 3 is 2.86 bits per heavy atom. The lowest BCUT2D eigenvalue weighted by molar-refractivity contribution is -0.121. The van der Waals surface area contributed by atoms with Gasteiger partial charge in [0, 0.05) is 18.6 Å². The molecule has 0 fully saturated rings. The monoisotopic (exact) mass is 212 g/mol. The molecular weight excluding hydrogens is 200 g/mol. The van der Waals surface area contributed by atoms with E-state index in [4.69, 9.17) is 17.3 Å². The topological polar surface area (TPSA) is 55.1 Å². The second-order valence-corrected chi connectivity index (χ2v) is 3.39. The highest BCUT2D eigenvalue weighted by Crippen LogP contribution is 2.18. The summed E-state index contributed by atoms with van der Waals surface area (Å²) in [5, 5.41) is 3.19. The van der Waals surface area contributed by atoms with Gasteiger partial charge in [0.15, 0.2) is 0 Å². The first-order valence-electron chi connectivity index (χ1n) is 4.36. The van der Waals surface area contributed by atoms with Gasteiger partial charge in [-0.1, -0.05) is 23.7 Å². The maximum atomic E-state index is 11.4. The Balaban J connectivity index is 2.94. The number of rotatable bonds is 3. The molecule has 1 aromatic carbocycles. The van der Waals surface area contributed by atoms with E-state index in [1.54, 1.807) is 19.2 Å². The zero-order valence-corrected chi connectivity index (χ0v) is 8.71. The van der Waals surface area contributed by atoms with Crippen LogP contribution in [0.1, 0.15) is 11.5 Å². The van der Waals surface area contributed by atoms with Crippen LogP contribution in [0, 0.1) is 0 Å². The number of hydrogen-bond donors (Lipinski definition) is 2. The van der Waals surface area contributed by atoms with Crippen molar-refractivity contribution in [3.63, 3.8) is 0 Å². The fraction of sp³-hybridized carbons (Fsp3) is 0.300. The predicted molar refractivity (Wildman–Crippen MR) is 57.3 cm³/mol. The third kappa shape index (κ3) is 2.47. The largest absolute Gasteiger partial charge is 0.359 e. The maximum absolute atomic E-state index is 11.4. The molecule has 1 aromatic rings. The van der Waals surface area contributed by atoms with E-state index in [0.717, 1.165) is 5.56 Å². The number of likely N-dealkylation sites (N-methyl/N-ethyl adjacent to an activating group) is 1. The molecule has 1 rings (SSSR count). The third-order valence-corrected chi connectivity index (χ3v) is 2.28. The number of nitrogens with two attached hydrogens (primary N) is 1. The summed E-state index contributed by atoms with van der Waals surface area (Å²) in [5.74, 6) is -0.409. The van der Waals surface area contributed by atoms with Gasteiger partial charge in [-0.15, -0.1) is 0 Å². The molecular formula is C10H13ClN2O. The van der Waals surface area contributed by atoms with Crippen LogP contribution in [0.25, 0.3) is 0 Å². The van der Waals surface area contributed by atoms with Gasteiger partial charge in [0.2, 0.25) is 5.91 Å². The van der Waals surface area contributed by atoms with Crippen LogP contribution in [-0.4, -0.2) is 19.5 Å². The second-order valence-electron chi connectivity index (χ2n) is 2.96. The maximum Gasteiger partial charge on any atom is 0.228 e. The minimum Gasteiger partial charge on any atom is -0.359 e. The Bertz CT molecular complexity index is 328. The summed E-state index contributed by atoms with van der Waals surface area (Å²) in [7, 11) is 1.59. The van der Waals surface area contributed by atoms with Gasteiger partial charge in [-0.2, -0.15) is 0 Å². The molecule has 0 spiro atoms. The van der Waals surface area contributed by atoms with Gasteiger partial charge < -0.3 is 11.1 Å². The van der Waals surface area contributed by atoms with E-state index in [0.29, 0.717) is 5.02 Å². The second kappa shape index (κ2) is 4.98. The van der Waals surface area contributed by atoms with Crippen molar-refractivity contribution in [2.24, 2.45) is 5.73 Å². The van der Waals surface area contributed by atoms with Crippen LogP contribution in [0.15, 0.2) is 24.3 Å². The summed E-state index contributed by atoms with van der Waals surface area (Å²) in [5.41, 5.74) is 6.37. The number of nitrogens with one attached hydrogen (secondary N) is 1. The predicted octanol–water partition coefficient (Wildman–Crippen LogP) is 1.13. The minimum atomic E-state index is -0.321. The van der Waals surface area contributed by atoms with Crippen molar-refractivity contribution >= 4 is 17.5 Å². The number of benzene rings is 1. The first-order valence-corrected chi connectivity index (χ1v) is 4.74. The Labute approximate surface area is 88.2 Å². The normalized spacial score (nSPS) is 12.2. The third-order valence-electron chi connectivity index (χ3n) is 2.05. The van der Waals surface area contributed by atoms with Crippen LogP contribution < -0.4 is 11.1 Å². The zero-order chi connectivity index (χ0) is 10.6. The fourth-order valence-electron chi connectivity index (χ4n) is 1.29. The van der Waals surface area contributed by atoms with Crippen LogP contribution in [0.5, 0.6) is 0 Å². The van der Waals surface area contributed by atoms with Gasteiger partial charge in [0.05, 0.1) is 5.92 Å². The number of amides is 1. The van der Waals surface area contributed by atoms with Crippen LogP contribution in [0.4, 0.5) is 0 Å². The quantitative estimate of drug-likeness (QED) is 0.789. The average molecular weight is 213 g/mol. The van der Waals surface area contributed by atoms with Crippen molar-refractivity contribution in [2.75, 3.05) is 13.6 Å². The van der Waals surface area contributed by atoms with E-state index in [9.17, 15) is 4.79 Å². The average Bonchev–Trinajstić information content (AvgIpc) is 2.19. The van der Waals surface area contributed by atoms with E-state index in [1.165, 1.54) is 0 Å². The van der Waals surface area contributed by atoms with Gasteiger partial charge in [-0.3, -0.25) is 4.79 Å². The molecule has 1 amide bonds. The Hall–Kier alpha value is -1.06. The number of halogens is 1. The van der Waals surface area contributed by atoms with Crippen LogP contribution in [0.3, 0.4) is 0 Å². The highest BCUT2D eigenvalue weighted by atomic mass is 35.5. The Morgan fingerprint density at radius 1 is 1.64 bits per heavy atom. The van der Waals surface area contributed by atoms with Crippen molar-refractivity contribution in [3.8, 4) is 0 Å². The molecule has 0 aliphatic rings. The molecule has 1 atom stereocenters. The molecule has 0 aliphatic heterocycles. The molecule has 0 heterocycles. The van der Waals surface area contributed by atoms with Crippen molar-refractivity contribution < 1.29 is 4.79 Å². The molecule has 0 aliphatic carbocycles. The van der Waals surface area contributed by atoms with Crippen molar-refractivity contribution in [1.82, 2.24) is 5.32 Å². The first-order chi connectivity index (χ1) is 6.69. The van der Waals surface area contributed by atoms with Gasteiger partial charge in [-0.05, 0) is 17.7 Å². The summed E-state index contributed by atoms with van der Waals surface area (Å²) in [6.07, 6.45) is 0. The van der Waals surface area contributed by atoms with Gasteiger partial charge >= 0.3 is 0 Å². The standard InChI is InChI=1S/C10H13ClN2O/c1-13-10(14)9(6-12)7-3-2-4-8(11)5-7/h2-5,9H,6,12H2,1H3,(H,13,14). The molecule has 0 saturated carbocycles. The van der Waals surface area contributed by atoms with Crippen LogP contribution in [0.2, 0.25) is 5.02 Å². The number of carbonyl (C=O) groups is 1. The van der Waals surface area contributed by atoms with E-state index in [-0.39, 0.29) is 18.4 Å². The van der Waals surface area contributed by atoms with Crippen molar-refractivity contribution in [2.45, 2.75) is 5.92 Å². The van der Waals surface area contributed by atoms with Crippen LogP contribution in [-0.2, 0) is 4.79 Å². The molecule has 1 unspecified atom stereocenters. The van der Waals surface area contributed by atoms with E-state index < -0.39 is 0 Å². The molecule has 3 N–H and O–H groups in total. The summed E-state index contributed by atoms with van der Waals surface area (Å²) >= 11 is 5.82. The zero-order valence-electron chi connectivity index (χ0n) is 7.96. The lowest BCUT2D eigenvalue weighted by atomic mass is 9.98. The molecule has 14 heavy (non-hydrogen) atoms. The highest BCUT2D eigenvalue weighted by Gasteiger charge is 2.17. The van der Waals surface area contributed by atoms with E-state index in [2.05, 4.69) is 5.32 Å². The molecule has 76 valence electrons.